The number of ether oxygens (including phenoxy) is 1. The van der Waals surface area contributed by atoms with Gasteiger partial charge >= 0.3 is 0 Å². The minimum absolute atomic E-state index is 0.240. The summed E-state index contributed by atoms with van der Waals surface area (Å²) in [5.41, 5.74) is 0.573. The molecule has 1 aromatic carbocycles. The largest absolute Gasteiger partial charge is 0.383 e. The van der Waals surface area contributed by atoms with E-state index in [0.717, 1.165) is 6.54 Å². The Morgan fingerprint density at radius 1 is 1.40 bits per heavy atom. The lowest BCUT2D eigenvalue weighted by Gasteiger charge is -2.06. The molecule has 0 aromatic heterocycles. The lowest BCUT2D eigenvalue weighted by atomic mass is 10.1. The number of benzene rings is 1. The third-order valence-electron chi connectivity index (χ3n) is 2.10. The van der Waals surface area contributed by atoms with E-state index in [4.69, 9.17) is 16.3 Å². The number of methoxy groups -OCH3 is 1. The van der Waals surface area contributed by atoms with Gasteiger partial charge in [-0.25, -0.2) is 4.39 Å². The second-order valence-corrected chi connectivity index (χ2v) is 3.60. The number of hydrogen-bond acceptors (Lipinski definition) is 2. The molecule has 0 unspecified atom stereocenters. The predicted octanol–water partition coefficient (Wildman–Crippen LogP) is 2.26. The van der Waals surface area contributed by atoms with E-state index in [-0.39, 0.29) is 5.82 Å². The van der Waals surface area contributed by atoms with Crippen LogP contribution in [0.15, 0.2) is 18.2 Å². The minimum Gasteiger partial charge on any atom is -0.383 e. The van der Waals surface area contributed by atoms with Gasteiger partial charge in [0.2, 0.25) is 0 Å². The first-order valence-electron chi connectivity index (χ1n) is 4.88. The van der Waals surface area contributed by atoms with Crippen LogP contribution < -0.4 is 5.32 Å². The minimum atomic E-state index is -0.240. The van der Waals surface area contributed by atoms with Gasteiger partial charge in [0.1, 0.15) is 5.82 Å². The fourth-order valence-corrected chi connectivity index (χ4v) is 1.54. The normalized spacial score (nSPS) is 10.6. The SMILES string of the molecule is COCCNCCc1c(F)cccc1Cl. The van der Waals surface area contributed by atoms with Crippen molar-refractivity contribution in [2.75, 3.05) is 26.8 Å². The van der Waals surface area contributed by atoms with Gasteiger partial charge in [-0.05, 0) is 25.1 Å². The van der Waals surface area contributed by atoms with Gasteiger partial charge in [0.05, 0.1) is 6.61 Å². The van der Waals surface area contributed by atoms with Crippen molar-refractivity contribution in [2.24, 2.45) is 0 Å². The lowest BCUT2D eigenvalue weighted by molar-refractivity contribution is 0.199. The van der Waals surface area contributed by atoms with Gasteiger partial charge in [-0.1, -0.05) is 17.7 Å². The van der Waals surface area contributed by atoms with E-state index in [1.165, 1.54) is 6.07 Å². The van der Waals surface area contributed by atoms with Crippen molar-refractivity contribution in [3.63, 3.8) is 0 Å². The molecule has 15 heavy (non-hydrogen) atoms. The Kier molecular flexibility index (Phi) is 5.61. The topological polar surface area (TPSA) is 21.3 Å². The maximum atomic E-state index is 13.3. The summed E-state index contributed by atoms with van der Waals surface area (Å²) in [4.78, 5) is 0. The summed E-state index contributed by atoms with van der Waals surface area (Å²) in [6.07, 6.45) is 0.592. The standard InChI is InChI=1S/C11H15ClFNO/c1-15-8-7-14-6-5-9-10(12)3-2-4-11(9)13/h2-4,14H,5-8H2,1H3. The molecule has 84 valence electrons. The summed E-state index contributed by atoms with van der Waals surface area (Å²) in [6, 6.07) is 4.74. The van der Waals surface area contributed by atoms with Crippen molar-refractivity contribution < 1.29 is 9.13 Å². The van der Waals surface area contributed by atoms with Gasteiger partial charge in [-0.3, -0.25) is 0 Å². The molecule has 0 aliphatic carbocycles. The van der Waals surface area contributed by atoms with E-state index in [9.17, 15) is 4.39 Å². The molecule has 0 spiro atoms. The highest BCUT2D eigenvalue weighted by atomic mass is 35.5. The highest BCUT2D eigenvalue weighted by Gasteiger charge is 2.05. The van der Waals surface area contributed by atoms with Gasteiger partial charge in [-0.15, -0.1) is 0 Å². The Morgan fingerprint density at radius 3 is 2.87 bits per heavy atom. The van der Waals surface area contributed by atoms with Crippen LogP contribution in [0.2, 0.25) is 5.02 Å². The quantitative estimate of drug-likeness (QED) is 0.759. The first-order chi connectivity index (χ1) is 7.25. The second-order valence-electron chi connectivity index (χ2n) is 3.19. The van der Waals surface area contributed by atoms with Crippen LogP contribution in [0.3, 0.4) is 0 Å². The summed E-state index contributed by atoms with van der Waals surface area (Å²) in [5, 5.41) is 3.63. The molecule has 0 heterocycles. The maximum absolute atomic E-state index is 13.3. The molecule has 0 saturated heterocycles. The Balaban J connectivity index is 2.37. The Bertz CT molecular complexity index is 286. The summed E-state index contributed by atoms with van der Waals surface area (Å²) < 4.78 is 18.2. The van der Waals surface area contributed by atoms with Crippen LogP contribution in [0.5, 0.6) is 0 Å². The molecule has 1 aromatic rings. The van der Waals surface area contributed by atoms with Crippen LogP contribution in [-0.4, -0.2) is 26.8 Å². The Labute approximate surface area is 94.4 Å². The fourth-order valence-electron chi connectivity index (χ4n) is 1.28. The van der Waals surface area contributed by atoms with Gasteiger partial charge < -0.3 is 10.1 Å². The van der Waals surface area contributed by atoms with Crippen LogP contribution >= 0.6 is 11.6 Å². The molecule has 4 heteroatoms. The molecule has 0 atom stereocenters. The van der Waals surface area contributed by atoms with Gasteiger partial charge in [-0.2, -0.15) is 0 Å². The number of rotatable bonds is 6. The highest BCUT2D eigenvalue weighted by Crippen LogP contribution is 2.18. The monoisotopic (exact) mass is 231 g/mol. The van der Waals surface area contributed by atoms with E-state index in [1.54, 1.807) is 19.2 Å². The van der Waals surface area contributed by atoms with Crippen molar-refractivity contribution in [3.8, 4) is 0 Å². The smallest absolute Gasteiger partial charge is 0.127 e. The first kappa shape index (κ1) is 12.4. The number of nitrogens with one attached hydrogen (secondary N) is 1. The zero-order valence-corrected chi connectivity index (χ0v) is 9.48. The zero-order chi connectivity index (χ0) is 11.1. The van der Waals surface area contributed by atoms with Crippen molar-refractivity contribution in [1.82, 2.24) is 5.32 Å². The molecular formula is C11H15ClFNO. The third kappa shape index (κ3) is 4.16. The summed E-state index contributed by atoms with van der Waals surface area (Å²) >= 11 is 5.88. The van der Waals surface area contributed by atoms with Crippen molar-refractivity contribution in [3.05, 3.63) is 34.6 Å². The van der Waals surface area contributed by atoms with Gasteiger partial charge in [0, 0.05) is 24.2 Å². The molecule has 0 saturated carbocycles. The van der Waals surface area contributed by atoms with E-state index in [0.29, 0.717) is 30.2 Å². The van der Waals surface area contributed by atoms with Crippen molar-refractivity contribution >= 4 is 11.6 Å². The average molecular weight is 232 g/mol. The van der Waals surface area contributed by atoms with E-state index >= 15 is 0 Å². The van der Waals surface area contributed by atoms with Crippen LogP contribution in [0.4, 0.5) is 4.39 Å². The van der Waals surface area contributed by atoms with Crippen LogP contribution in [-0.2, 0) is 11.2 Å². The third-order valence-corrected chi connectivity index (χ3v) is 2.45. The molecule has 1 rings (SSSR count). The van der Waals surface area contributed by atoms with E-state index < -0.39 is 0 Å². The lowest BCUT2D eigenvalue weighted by Crippen LogP contribution is -2.22. The van der Waals surface area contributed by atoms with E-state index in [2.05, 4.69) is 5.32 Å². The molecule has 0 bridgehead atoms. The van der Waals surface area contributed by atoms with Gasteiger partial charge in [0.15, 0.2) is 0 Å². The van der Waals surface area contributed by atoms with Gasteiger partial charge in [0.25, 0.3) is 0 Å². The Hall–Kier alpha value is -0.640. The van der Waals surface area contributed by atoms with Crippen LogP contribution in [0.1, 0.15) is 5.56 Å². The number of halogens is 2. The van der Waals surface area contributed by atoms with Crippen LogP contribution in [0, 0.1) is 5.82 Å². The molecule has 0 amide bonds. The molecule has 0 aliphatic rings. The molecular weight excluding hydrogens is 217 g/mol. The summed E-state index contributed by atoms with van der Waals surface area (Å²) in [7, 11) is 1.65. The van der Waals surface area contributed by atoms with E-state index in [1.807, 2.05) is 0 Å². The predicted molar refractivity (Wildman–Crippen MR) is 59.9 cm³/mol. The zero-order valence-electron chi connectivity index (χ0n) is 8.72. The fraction of sp³-hybridized carbons (Fsp3) is 0.455. The summed E-state index contributed by atoms with van der Waals surface area (Å²) in [5.74, 6) is -0.240. The van der Waals surface area contributed by atoms with Crippen LogP contribution in [0.25, 0.3) is 0 Å². The number of hydrogen-bond donors (Lipinski definition) is 1. The molecule has 0 aliphatic heterocycles. The van der Waals surface area contributed by atoms with Crippen molar-refractivity contribution in [1.29, 1.82) is 0 Å². The average Bonchev–Trinajstić information content (AvgIpc) is 2.21. The second kappa shape index (κ2) is 6.77. The Morgan fingerprint density at radius 2 is 2.20 bits per heavy atom. The molecule has 0 radical (unpaired) electrons. The summed E-state index contributed by atoms with van der Waals surface area (Å²) in [6.45, 7) is 2.12. The van der Waals surface area contributed by atoms with Crippen molar-refractivity contribution in [2.45, 2.75) is 6.42 Å². The molecule has 0 fully saturated rings. The molecule has 1 N–H and O–H groups in total. The maximum Gasteiger partial charge on any atom is 0.127 e. The molecule has 2 nitrogen and oxygen atoms in total. The highest BCUT2D eigenvalue weighted by molar-refractivity contribution is 6.31. The first-order valence-corrected chi connectivity index (χ1v) is 5.26.